The zero-order valence-corrected chi connectivity index (χ0v) is 36.0. The summed E-state index contributed by atoms with van der Waals surface area (Å²) in [7, 11) is 0. The Morgan fingerprint density at radius 1 is 0.212 bits per heavy atom. The van der Waals surface area contributed by atoms with Gasteiger partial charge in [0.1, 0.15) is 0 Å². The van der Waals surface area contributed by atoms with E-state index in [1.165, 1.54) is 120 Å². The van der Waals surface area contributed by atoms with Crippen molar-refractivity contribution in [3.63, 3.8) is 0 Å². The Balaban J connectivity index is 1.13. The van der Waals surface area contributed by atoms with Crippen LogP contribution >= 0.6 is 0 Å². The largest absolute Gasteiger partial charge is 0.309 e. The molecule has 0 N–H and O–H groups in total. The lowest BCUT2D eigenvalue weighted by Gasteiger charge is -2.21. The van der Waals surface area contributed by atoms with Gasteiger partial charge < -0.3 is 9.13 Å². The van der Waals surface area contributed by atoms with E-state index in [0.29, 0.717) is 0 Å². The molecule has 0 aliphatic heterocycles. The highest BCUT2D eigenvalue weighted by Crippen LogP contribution is 2.47. The summed E-state index contributed by atoms with van der Waals surface area (Å²) < 4.78 is 4.90. The molecule has 14 rings (SSSR count). The van der Waals surface area contributed by atoms with Crippen molar-refractivity contribution in [3.8, 4) is 44.8 Å². The lowest BCUT2D eigenvalue weighted by Crippen LogP contribution is -1.98. The fourth-order valence-electron chi connectivity index (χ4n) is 11.2. The van der Waals surface area contributed by atoms with Crippen molar-refractivity contribution < 1.29 is 0 Å². The fourth-order valence-corrected chi connectivity index (χ4v) is 11.2. The van der Waals surface area contributed by atoms with E-state index in [1.807, 2.05) is 0 Å². The Morgan fingerprint density at radius 3 is 1.20 bits per heavy atom. The first-order valence-corrected chi connectivity index (χ1v) is 22.8. The molecule has 306 valence electrons. The number of benzene rings is 12. The van der Waals surface area contributed by atoms with Crippen molar-refractivity contribution >= 4 is 86.7 Å². The second-order valence-electron chi connectivity index (χ2n) is 17.6. The Labute approximate surface area is 381 Å². The van der Waals surface area contributed by atoms with Crippen molar-refractivity contribution in [3.05, 3.63) is 243 Å². The second kappa shape index (κ2) is 14.4. The smallest absolute Gasteiger partial charge is 0.0541 e. The molecule has 2 heteroatoms. The molecule has 0 aliphatic carbocycles. The maximum absolute atomic E-state index is 2.46. The van der Waals surface area contributed by atoms with E-state index in [1.54, 1.807) is 0 Å². The Hall–Kier alpha value is -8.72. The lowest BCUT2D eigenvalue weighted by atomic mass is 9.84. The first-order valence-electron chi connectivity index (χ1n) is 22.8. The van der Waals surface area contributed by atoms with Crippen molar-refractivity contribution in [2.24, 2.45) is 0 Å². The molecule has 0 amide bonds. The summed E-state index contributed by atoms with van der Waals surface area (Å²) in [5, 5.41) is 14.8. The Morgan fingerprint density at radius 2 is 0.636 bits per heavy atom. The van der Waals surface area contributed by atoms with Gasteiger partial charge in [-0.05, 0) is 137 Å². The van der Waals surface area contributed by atoms with Crippen LogP contribution in [-0.4, -0.2) is 9.13 Å². The number of aromatic nitrogens is 2. The predicted octanol–water partition coefficient (Wildman–Crippen LogP) is 17.5. The van der Waals surface area contributed by atoms with Crippen LogP contribution < -0.4 is 0 Å². The van der Waals surface area contributed by atoms with Crippen LogP contribution in [0.1, 0.15) is 0 Å². The van der Waals surface area contributed by atoms with Crippen LogP contribution in [0.15, 0.2) is 243 Å². The van der Waals surface area contributed by atoms with E-state index in [-0.39, 0.29) is 0 Å². The van der Waals surface area contributed by atoms with Gasteiger partial charge in [-0.15, -0.1) is 0 Å². The maximum atomic E-state index is 2.46. The third-order valence-corrected chi connectivity index (χ3v) is 14.1. The number of hydrogen-bond donors (Lipinski definition) is 0. The number of fused-ring (bicyclic) bond motifs is 10. The van der Waals surface area contributed by atoms with Gasteiger partial charge in [0.2, 0.25) is 0 Å². The van der Waals surface area contributed by atoms with Gasteiger partial charge >= 0.3 is 0 Å². The molecule has 66 heavy (non-hydrogen) atoms. The van der Waals surface area contributed by atoms with Gasteiger partial charge in [-0.25, -0.2) is 0 Å². The van der Waals surface area contributed by atoms with E-state index >= 15 is 0 Å². The summed E-state index contributed by atoms with van der Waals surface area (Å²) >= 11 is 0. The topological polar surface area (TPSA) is 9.86 Å². The minimum atomic E-state index is 1.14. The van der Waals surface area contributed by atoms with Gasteiger partial charge in [0.25, 0.3) is 0 Å². The SMILES string of the molecule is c1cc(-c2cccc3ccccc23)cc(-c2c3ccc(-n4c5ccccc5c5ccccc54)cc3c(-c3ccc4ccccc4c3)c3ccc(-n4c5ccccc5c5ccccc54)cc23)c1. The fraction of sp³-hybridized carbons (Fsp3) is 0. The molecule has 0 unspecified atom stereocenters. The lowest BCUT2D eigenvalue weighted by molar-refractivity contribution is 1.18. The summed E-state index contributed by atoms with van der Waals surface area (Å²) in [6, 6.07) is 89.9. The van der Waals surface area contributed by atoms with Crippen molar-refractivity contribution in [2.75, 3.05) is 0 Å². The zero-order chi connectivity index (χ0) is 43.3. The molecule has 0 radical (unpaired) electrons. The third-order valence-electron chi connectivity index (χ3n) is 14.1. The summed E-state index contributed by atoms with van der Waals surface area (Å²) in [4.78, 5) is 0. The van der Waals surface area contributed by atoms with Gasteiger partial charge in [-0.1, -0.05) is 182 Å². The highest BCUT2D eigenvalue weighted by atomic mass is 15.0. The van der Waals surface area contributed by atoms with Crippen LogP contribution in [0.25, 0.3) is 131 Å². The van der Waals surface area contributed by atoms with Crippen LogP contribution in [0.5, 0.6) is 0 Å². The number of nitrogens with zero attached hydrogens (tertiary/aromatic N) is 2. The first-order chi connectivity index (χ1) is 32.7. The number of para-hydroxylation sites is 4. The van der Waals surface area contributed by atoms with Crippen LogP contribution in [0.4, 0.5) is 0 Å². The molecule has 14 aromatic rings. The van der Waals surface area contributed by atoms with E-state index in [2.05, 4.69) is 252 Å². The summed E-state index contributed by atoms with van der Waals surface area (Å²) in [5.74, 6) is 0. The molecular weight excluding hydrogens is 797 g/mol. The van der Waals surface area contributed by atoms with Gasteiger partial charge in [-0.3, -0.25) is 0 Å². The highest BCUT2D eigenvalue weighted by Gasteiger charge is 2.22. The summed E-state index contributed by atoms with van der Waals surface area (Å²) in [6.07, 6.45) is 0. The van der Waals surface area contributed by atoms with Gasteiger partial charge in [-0.2, -0.15) is 0 Å². The van der Waals surface area contributed by atoms with Crippen LogP contribution in [0, 0.1) is 0 Å². The highest BCUT2D eigenvalue weighted by molar-refractivity contribution is 6.23. The van der Waals surface area contributed by atoms with E-state index < -0.39 is 0 Å². The maximum Gasteiger partial charge on any atom is 0.0541 e. The monoisotopic (exact) mass is 836 g/mol. The molecule has 0 aliphatic rings. The molecular formula is C64H40N2. The molecule has 0 saturated heterocycles. The first kappa shape index (κ1) is 36.7. The van der Waals surface area contributed by atoms with Crippen molar-refractivity contribution in [2.45, 2.75) is 0 Å². The standard InChI is InChI=1S/C64H40N2/c1-2-17-43-37-46(32-31-41(43)15-1)64-56-36-34-47(65-59-27-9-5-22-51(59)52-23-6-10-28-60(52)65)39-57(56)63(45-20-13-19-44(38-45)50-26-14-18-42-16-3-4-21-49(42)50)55-35-33-48(40-58(55)64)66-61-29-11-7-24-53(61)54-25-8-12-30-62(54)66/h1-40H. The van der Waals surface area contributed by atoms with Crippen molar-refractivity contribution in [1.82, 2.24) is 9.13 Å². The van der Waals surface area contributed by atoms with Crippen LogP contribution in [-0.2, 0) is 0 Å². The normalized spacial score (nSPS) is 11.9. The Kier molecular flexibility index (Phi) is 8.02. The molecule has 2 heterocycles. The van der Waals surface area contributed by atoms with Crippen LogP contribution in [0.2, 0.25) is 0 Å². The molecule has 0 fully saturated rings. The molecule has 0 bridgehead atoms. The molecule has 2 aromatic heterocycles. The average molecular weight is 837 g/mol. The molecule has 2 nitrogen and oxygen atoms in total. The number of hydrogen-bond acceptors (Lipinski definition) is 0. The van der Waals surface area contributed by atoms with E-state index in [4.69, 9.17) is 0 Å². The van der Waals surface area contributed by atoms with Gasteiger partial charge in [0, 0.05) is 32.9 Å². The van der Waals surface area contributed by atoms with Crippen LogP contribution in [0.3, 0.4) is 0 Å². The van der Waals surface area contributed by atoms with Gasteiger partial charge in [0.05, 0.1) is 22.1 Å². The minimum Gasteiger partial charge on any atom is -0.309 e. The molecule has 0 saturated carbocycles. The zero-order valence-electron chi connectivity index (χ0n) is 36.0. The second-order valence-corrected chi connectivity index (χ2v) is 17.6. The summed E-state index contributed by atoms with van der Waals surface area (Å²) in [5.41, 5.74) is 14.3. The van der Waals surface area contributed by atoms with Gasteiger partial charge in [0.15, 0.2) is 0 Å². The third kappa shape index (κ3) is 5.49. The molecule has 12 aromatic carbocycles. The number of rotatable bonds is 5. The van der Waals surface area contributed by atoms with E-state index in [0.717, 1.165) is 11.4 Å². The molecule has 0 spiro atoms. The Bertz CT molecular complexity index is 4180. The average Bonchev–Trinajstić information content (AvgIpc) is 3.90. The quantitative estimate of drug-likeness (QED) is 0.153. The predicted molar refractivity (Wildman–Crippen MR) is 281 cm³/mol. The minimum absolute atomic E-state index is 1.14. The molecule has 0 atom stereocenters. The van der Waals surface area contributed by atoms with Crippen molar-refractivity contribution in [1.29, 1.82) is 0 Å². The summed E-state index contributed by atoms with van der Waals surface area (Å²) in [6.45, 7) is 0. The van der Waals surface area contributed by atoms with E-state index in [9.17, 15) is 0 Å².